The summed E-state index contributed by atoms with van der Waals surface area (Å²) in [5, 5.41) is 3.93. The summed E-state index contributed by atoms with van der Waals surface area (Å²) in [6, 6.07) is 14.3. The van der Waals surface area contributed by atoms with Gasteiger partial charge in [-0.15, -0.1) is 0 Å². The molecular formula is C21H23N3O4S. The average molecular weight is 413 g/mol. The maximum Gasteiger partial charge on any atom is 0.262 e. The fraction of sp³-hybridized carbons (Fsp3) is 0.286. The maximum absolute atomic E-state index is 12.9. The van der Waals surface area contributed by atoms with E-state index in [4.69, 9.17) is 9.47 Å². The van der Waals surface area contributed by atoms with Gasteiger partial charge in [0.2, 0.25) is 5.91 Å². The SMILES string of the molecule is COCCCn1c(SCC(=O)Nc2ccc(OC)cc2)nc2ccccc2c1=O. The summed E-state index contributed by atoms with van der Waals surface area (Å²) in [7, 11) is 3.22. The van der Waals surface area contributed by atoms with Gasteiger partial charge in [-0.2, -0.15) is 0 Å². The van der Waals surface area contributed by atoms with Gasteiger partial charge in [-0.05, 0) is 42.8 Å². The Hall–Kier alpha value is -2.84. The molecule has 152 valence electrons. The van der Waals surface area contributed by atoms with Gasteiger partial charge >= 0.3 is 0 Å². The number of methoxy groups -OCH3 is 2. The van der Waals surface area contributed by atoms with E-state index in [2.05, 4.69) is 10.3 Å². The first-order chi connectivity index (χ1) is 14.1. The quantitative estimate of drug-likeness (QED) is 0.330. The second-order valence-electron chi connectivity index (χ2n) is 6.28. The third-order valence-electron chi connectivity index (χ3n) is 4.26. The van der Waals surface area contributed by atoms with Crippen LogP contribution in [0.25, 0.3) is 10.9 Å². The standard InChI is InChI=1S/C21H23N3O4S/c1-27-13-5-12-24-20(26)17-6-3-4-7-18(17)23-21(24)29-14-19(25)22-15-8-10-16(28-2)11-9-15/h3-4,6-11H,5,12-14H2,1-2H3,(H,22,25). The van der Waals surface area contributed by atoms with Crippen molar-refractivity contribution < 1.29 is 14.3 Å². The van der Waals surface area contributed by atoms with E-state index in [1.54, 1.807) is 55.2 Å². The number of aromatic nitrogens is 2. The lowest BCUT2D eigenvalue weighted by molar-refractivity contribution is -0.113. The fourth-order valence-corrected chi connectivity index (χ4v) is 3.65. The Morgan fingerprint density at radius 1 is 1.14 bits per heavy atom. The van der Waals surface area contributed by atoms with E-state index < -0.39 is 0 Å². The minimum Gasteiger partial charge on any atom is -0.497 e. The molecule has 0 aliphatic carbocycles. The molecule has 0 saturated carbocycles. The summed E-state index contributed by atoms with van der Waals surface area (Å²) in [6.07, 6.45) is 0.683. The summed E-state index contributed by atoms with van der Waals surface area (Å²) in [5.41, 5.74) is 1.20. The second kappa shape index (κ2) is 10.1. The zero-order valence-corrected chi connectivity index (χ0v) is 17.2. The van der Waals surface area contributed by atoms with Crippen molar-refractivity contribution in [3.05, 3.63) is 58.9 Å². The fourth-order valence-electron chi connectivity index (χ4n) is 2.82. The largest absolute Gasteiger partial charge is 0.497 e. The van der Waals surface area contributed by atoms with Gasteiger partial charge in [-0.3, -0.25) is 14.2 Å². The van der Waals surface area contributed by atoms with Crippen LogP contribution in [0.5, 0.6) is 5.75 Å². The molecule has 1 amide bonds. The zero-order chi connectivity index (χ0) is 20.6. The Morgan fingerprint density at radius 2 is 1.90 bits per heavy atom. The van der Waals surface area contributed by atoms with Crippen LogP contribution < -0.4 is 15.6 Å². The molecule has 0 unspecified atom stereocenters. The van der Waals surface area contributed by atoms with Crippen molar-refractivity contribution in [1.82, 2.24) is 9.55 Å². The minimum absolute atomic E-state index is 0.107. The van der Waals surface area contributed by atoms with Gasteiger partial charge in [0, 0.05) is 25.9 Å². The van der Waals surface area contributed by atoms with Crippen LogP contribution >= 0.6 is 11.8 Å². The van der Waals surface area contributed by atoms with Crippen LogP contribution in [-0.2, 0) is 16.1 Å². The van der Waals surface area contributed by atoms with Crippen molar-refractivity contribution in [2.75, 3.05) is 31.9 Å². The highest BCUT2D eigenvalue weighted by molar-refractivity contribution is 7.99. The molecule has 1 aromatic heterocycles. The summed E-state index contributed by atoms with van der Waals surface area (Å²) in [5.74, 6) is 0.685. The van der Waals surface area contributed by atoms with Gasteiger partial charge < -0.3 is 14.8 Å². The van der Waals surface area contributed by atoms with Gasteiger partial charge in [0.05, 0.1) is 23.8 Å². The Bertz CT molecular complexity index is 1030. The van der Waals surface area contributed by atoms with Crippen molar-refractivity contribution in [3.8, 4) is 5.75 Å². The van der Waals surface area contributed by atoms with Crippen molar-refractivity contribution >= 4 is 34.3 Å². The molecule has 0 aliphatic rings. The third kappa shape index (κ3) is 5.36. The van der Waals surface area contributed by atoms with Crippen LogP contribution in [0, 0.1) is 0 Å². The number of nitrogens with zero attached hydrogens (tertiary/aromatic N) is 2. The summed E-state index contributed by atoms with van der Waals surface area (Å²) < 4.78 is 11.8. The lowest BCUT2D eigenvalue weighted by Gasteiger charge is -2.13. The molecule has 0 aliphatic heterocycles. The monoisotopic (exact) mass is 413 g/mol. The topological polar surface area (TPSA) is 82.4 Å². The molecule has 0 bridgehead atoms. The number of nitrogens with one attached hydrogen (secondary N) is 1. The number of rotatable bonds is 9. The number of amides is 1. The van der Waals surface area contributed by atoms with E-state index in [0.29, 0.717) is 41.3 Å². The number of para-hydroxylation sites is 1. The smallest absolute Gasteiger partial charge is 0.262 e. The molecule has 1 heterocycles. The van der Waals surface area contributed by atoms with Crippen molar-refractivity contribution in [2.24, 2.45) is 0 Å². The molecule has 29 heavy (non-hydrogen) atoms. The first kappa shape index (κ1) is 20.9. The van der Waals surface area contributed by atoms with E-state index in [1.165, 1.54) is 11.8 Å². The Morgan fingerprint density at radius 3 is 2.62 bits per heavy atom. The number of ether oxygens (including phenoxy) is 2. The molecule has 7 nitrogen and oxygen atoms in total. The molecule has 3 aromatic rings. The Labute approximate surface area is 173 Å². The molecule has 0 saturated heterocycles. The normalized spacial score (nSPS) is 10.8. The highest BCUT2D eigenvalue weighted by atomic mass is 32.2. The molecule has 1 N–H and O–H groups in total. The number of benzene rings is 2. The lowest BCUT2D eigenvalue weighted by atomic mass is 10.2. The summed E-state index contributed by atoms with van der Waals surface area (Å²) in [4.78, 5) is 29.9. The van der Waals surface area contributed by atoms with Crippen LogP contribution in [0.15, 0.2) is 58.5 Å². The summed E-state index contributed by atoms with van der Waals surface area (Å²) >= 11 is 1.24. The van der Waals surface area contributed by atoms with E-state index in [-0.39, 0.29) is 17.2 Å². The van der Waals surface area contributed by atoms with Gasteiger partial charge in [-0.1, -0.05) is 23.9 Å². The second-order valence-corrected chi connectivity index (χ2v) is 7.22. The zero-order valence-electron chi connectivity index (χ0n) is 16.4. The molecule has 0 atom stereocenters. The molecule has 0 fully saturated rings. The highest BCUT2D eigenvalue weighted by Crippen LogP contribution is 2.19. The van der Waals surface area contributed by atoms with Gasteiger partial charge in [0.25, 0.3) is 5.56 Å². The first-order valence-corrected chi connectivity index (χ1v) is 10.2. The van der Waals surface area contributed by atoms with Gasteiger partial charge in [-0.25, -0.2) is 4.98 Å². The van der Waals surface area contributed by atoms with E-state index in [9.17, 15) is 9.59 Å². The molecule has 2 aromatic carbocycles. The van der Waals surface area contributed by atoms with Crippen molar-refractivity contribution in [1.29, 1.82) is 0 Å². The Balaban J connectivity index is 1.75. The number of hydrogen-bond acceptors (Lipinski definition) is 6. The number of anilines is 1. The number of thioether (sulfide) groups is 1. The molecule has 3 rings (SSSR count). The van der Waals surface area contributed by atoms with Crippen molar-refractivity contribution in [3.63, 3.8) is 0 Å². The van der Waals surface area contributed by atoms with Crippen LogP contribution in [0.4, 0.5) is 5.69 Å². The van der Waals surface area contributed by atoms with Crippen molar-refractivity contribution in [2.45, 2.75) is 18.1 Å². The van der Waals surface area contributed by atoms with Gasteiger partial charge in [0.15, 0.2) is 5.16 Å². The maximum atomic E-state index is 12.9. The molecule has 0 radical (unpaired) electrons. The summed E-state index contributed by atoms with van der Waals surface area (Å²) in [6.45, 7) is 1.02. The predicted molar refractivity (Wildman–Crippen MR) is 115 cm³/mol. The van der Waals surface area contributed by atoms with Gasteiger partial charge in [0.1, 0.15) is 5.75 Å². The van der Waals surface area contributed by atoms with E-state index in [1.807, 2.05) is 12.1 Å². The highest BCUT2D eigenvalue weighted by Gasteiger charge is 2.13. The van der Waals surface area contributed by atoms with Crippen LogP contribution in [0.3, 0.4) is 0 Å². The molecule has 0 spiro atoms. The van der Waals surface area contributed by atoms with Crippen LogP contribution in [-0.4, -0.2) is 42.0 Å². The first-order valence-electron chi connectivity index (χ1n) is 9.17. The van der Waals surface area contributed by atoms with Crippen LogP contribution in [0.2, 0.25) is 0 Å². The molecule has 8 heteroatoms. The number of hydrogen-bond donors (Lipinski definition) is 1. The lowest BCUT2D eigenvalue weighted by Crippen LogP contribution is -2.25. The minimum atomic E-state index is -0.175. The molecular weight excluding hydrogens is 390 g/mol. The third-order valence-corrected chi connectivity index (χ3v) is 5.24. The number of carbonyl (C=O) groups excluding carboxylic acids is 1. The van der Waals surface area contributed by atoms with Crippen LogP contribution in [0.1, 0.15) is 6.42 Å². The number of carbonyl (C=O) groups is 1. The van der Waals surface area contributed by atoms with E-state index in [0.717, 1.165) is 5.75 Å². The van der Waals surface area contributed by atoms with E-state index >= 15 is 0 Å². The average Bonchev–Trinajstić information content (AvgIpc) is 2.74. The Kier molecular flexibility index (Phi) is 7.26. The number of fused-ring (bicyclic) bond motifs is 1. The predicted octanol–water partition coefficient (Wildman–Crippen LogP) is 3.17.